The van der Waals surface area contributed by atoms with Gasteiger partial charge in [-0.15, -0.1) is 0 Å². The highest BCUT2D eigenvalue weighted by molar-refractivity contribution is 5.71. The number of hydrogen-bond donors (Lipinski definition) is 0. The van der Waals surface area contributed by atoms with Crippen molar-refractivity contribution in [2.45, 2.75) is 310 Å². The highest BCUT2D eigenvalue weighted by Gasteiger charge is 2.19. The molecule has 1 atom stereocenters. The highest BCUT2D eigenvalue weighted by atomic mass is 16.6. The van der Waals surface area contributed by atoms with Crippen molar-refractivity contribution < 1.29 is 28.6 Å². The van der Waals surface area contributed by atoms with Gasteiger partial charge in [-0.3, -0.25) is 14.4 Å². The first-order valence-corrected chi connectivity index (χ1v) is 26.9. The van der Waals surface area contributed by atoms with Gasteiger partial charge >= 0.3 is 17.9 Å². The van der Waals surface area contributed by atoms with Crippen LogP contribution in [-0.4, -0.2) is 37.2 Å². The zero-order valence-corrected chi connectivity index (χ0v) is 40.9. The van der Waals surface area contributed by atoms with Crippen LogP contribution in [0.4, 0.5) is 0 Å². The first-order valence-electron chi connectivity index (χ1n) is 26.9. The minimum atomic E-state index is -0.760. The fourth-order valence-corrected chi connectivity index (χ4v) is 8.22. The monoisotopic (exact) mass is 849 g/mol. The van der Waals surface area contributed by atoms with E-state index in [0.29, 0.717) is 19.3 Å². The molecule has 0 heterocycles. The number of esters is 3. The lowest BCUT2D eigenvalue weighted by Crippen LogP contribution is -2.30. The molecular weight excluding hydrogens is 745 g/mol. The Balaban J connectivity index is 4.24. The summed E-state index contributed by atoms with van der Waals surface area (Å²) in [6, 6.07) is 0. The van der Waals surface area contributed by atoms with Crippen molar-refractivity contribution in [1.29, 1.82) is 0 Å². The minimum Gasteiger partial charge on any atom is -0.462 e. The molecule has 0 aliphatic rings. The van der Waals surface area contributed by atoms with Crippen molar-refractivity contribution in [3.63, 3.8) is 0 Å². The Morgan fingerprint density at radius 2 is 0.550 bits per heavy atom. The lowest BCUT2D eigenvalue weighted by atomic mass is 10.0. The summed E-state index contributed by atoms with van der Waals surface area (Å²) in [5.74, 6) is 0.00235. The van der Waals surface area contributed by atoms with Crippen molar-refractivity contribution in [2.24, 2.45) is 5.92 Å². The standard InChI is InChI=1S/C54H104O6/c1-5-7-9-11-13-15-17-18-19-23-26-30-33-37-41-45-52(55)58-48-51(60-54(57)47-43-39-35-29-16-14-12-10-8-6-2)49-59-53(56)46-42-38-34-31-27-24-21-20-22-25-28-32-36-40-44-50(3)4/h50-51H,5-49H2,1-4H3/t51-/m1/s1. The molecule has 0 saturated heterocycles. The maximum absolute atomic E-state index is 12.7. The van der Waals surface area contributed by atoms with Gasteiger partial charge in [-0.05, 0) is 25.2 Å². The van der Waals surface area contributed by atoms with Crippen LogP contribution < -0.4 is 0 Å². The fourth-order valence-electron chi connectivity index (χ4n) is 8.22. The van der Waals surface area contributed by atoms with Gasteiger partial charge in [0, 0.05) is 19.3 Å². The van der Waals surface area contributed by atoms with Crippen LogP contribution in [0.25, 0.3) is 0 Å². The number of unbranched alkanes of at least 4 members (excludes halogenated alkanes) is 36. The molecule has 6 heteroatoms. The average Bonchev–Trinajstić information content (AvgIpc) is 3.23. The first kappa shape index (κ1) is 58.4. The van der Waals surface area contributed by atoms with Gasteiger partial charge in [0.1, 0.15) is 13.2 Å². The summed E-state index contributed by atoms with van der Waals surface area (Å²) in [7, 11) is 0. The average molecular weight is 849 g/mol. The van der Waals surface area contributed by atoms with Gasteiger partial charge in [0.2, 0.25) is 0 Å². The summed E-state index contributed by atoms with van der Waals surface area (Å²) in [5, 5.41) is 0. The molecule has 0 saturated carbocycles. The van der Waals surface area contributed by atoms with Crippen LogP contribution in [0.3, 0.4) is 0 Å². The Morgan fingerprint density at radius 1 is 0.317 bits per heavy atom. The third kappa shape index (κ3) is 47.5. The Hall–Kier alpha value is -1.59. The quantitative estimate of drug-likeness (QED) is 0.0345. The van der Waals surface area contributed by atoms with E-state index in [-0.39, 0.29) is 31.1 Å². The molecule has 0 radical (unpaired) electrons. The van der Waals surface area contributed by atoms with E-state index in [1.807, 2.05) is 0 Å². The number of hydrogen-bond acceptors (Lipinski definition) is 6. The first-order chi connectivity index (χ1) is 29.4. The molecular formula is C54H104O6. The van der Waals surface area contributed by atoms with Crippen LogP contribution in [0.1, 0.15) is 304 Å². The topological polar surface area (TPSA) is 78.9 Å². The molecule has 0 aromatic rings. The van der Waals surface area contributed by atoms with Crippen LogP contribution in [0.5, 0.6) is 0 Å². The van der Waals surface area contributed by atoms with Crippen LogP contribution in [0, 0.1) is 5.92 Å². The SMILES string of the molecule is CCCCCCCCCCCCCCCCCC(=O)OC[C@H](COC(=O)CCCCCCCCCCCCCCCCC(C)C)OC(=O)CCCCCCCCCCCC. The molecule has 0 fully saturated rings. The maximum atomic E-state index is 12.7. The molecule has 0 N–H and O–H groups in total. The summed E-state index contributed by atoms with van der Waals surface area (Å²) < 4.78 is 16.8. The minimum absolute atomic E-state index is 0.0624. The summed E-state index contributed by atoms with van der Waals surface area (Å²) in [5.41, 5.74) is 0. The van der Waals surface area contributed by atoms with Crippen molar-refractivity contribution >= 4 is 17.9 Å². The van der Waals surface area contributed by atoms with Crippen LogP contribution >= 0.6 is 0 Å². The fraction of sp³-hybridized carbons (Fsp3) is 0.944. The van der Waals surface area contributed by atoms with E-state index in [1.54, 1.807) is 0 Å². The Bertz CT molecular complexity index is 903. The van der Waals surface area contributed by atoms with Gasteiger partial charge in [-0.1, -0.05) is 265 Å². The van der Waals surface area contributed by atoms with Gasteiger partial charge in [-0.2, -0.15) is 0 Å². The zero-order chi connectivity index (χ0) is 43.8. The predicted octanol–water partition coefficient (Wildman–Crippen LogP) is 17.5. The summed E-state index contributed by atoms with van der Waals surface area (Å²) in [4.78, 5) is 37.9. The highest BCUT2D eigenvalue weighted by Crippen LogP contribution is 2.17. The summed E-state index contributed by atoms with van der Waals surface area (Å²) >= 11 is 0. The molecule has 0 aromatic heterocycles. The molecule has 0 aromatic carbocycles. The number of carbonyl (C=O) groups excluding carboxylic acids is 3. The zero-order valence-electron chi connectivity index (χ0n) is 40.9. The molecule has 0 aliphatic heterocycles. The predicted molar refractivity (Wildman–Crippen MR) is 257 cm³/mol. The molecule has 0 bridgehead atoms. The van der Waals surface area contributed by atoms with Crippen LogP contribution in [-0.2, 0) is 28.6 Å². The van der Waals surface area contributed by atoms with Gasteiger partial charge in [0.25, 0.3) is 0 Å². The van der Waals surface area contributed by atoms with E-state index >= 15 is 0 Å². The van der Waals surface area contributed by atoms with Crippen molar-refractivity contribution in [1.82, 2.24) is 0 Å². The van der Waals surface area contributed by atoms with Crippen molar-refractivity contribution in [3.8, 4) is 0 Å². The molecule has 0 unspecified atom stereocenters. The van der Waals surface area contributed by atoms with E-state index in [4.69, 9.17) is 14.2 Å². The van der Waals surface area contributed by atoms with Gasteiger partial charge in [0.15, 0.2) is 6.10 Å². The number of rotatable bonds is 49. The number of ether oxygens (including phenoxy) is 3. The summed E-state index contributed by atoms with van der Waals surface area (Å²) in [6.45, 7) is 9.04. The molecule has 6 nitrogen and oxygen atoms in total. The molecule has 60 heavy (non-hydrogen) atoms. The van der Waals surface area contributed by atoms with E-state index in [9.17, 15) is 14.4 Å². The van der Waals surface area contributed by atoms with E-state index < -0.39 is 6.10 Å². The molecule has 0 spiro atoms. The normalized spacial score (nSPS) is 11.9. The Morgan fingerprint density at radius 3 is 0.817 bits per heavy atom. The van der Waals surface area contributed by atoms with Crippen molar-refractivity contribution in [2.75, 3.05) is 13.2 Å². The second kappa shape index (κ2) is 48.4. The lowest BCUT2D eigenvalue weighted by Gasteiger charge is -2.18. The lowest BCUT2D eigenvalue weighted by molar-refractivity contribution is -0.167. The Labute approximate surface area is 374 Å². The van der Waals surface area contributed by atoms with Gasteiger partial charge in [-0.25, -0.2) is 0 Å². The molecule has 0 amide bonds. The molecule has 356 valence electrons. The van der Waals surface area contributed by atoms with Crippen LogP contribution in [0.15, 0.2) is 0 Å². The molecule has 0 aliphatic carbocycles. The van der Waals surface area contributed by atoms with E-state index in [1.165, 1.54) is 199 Å². The number of carbonyl (C=O) groups is 3. The maximum Gasteiger partial charge on any atom is 0.306 e. The van der Waals surface area contributed by atoms with Gasteiger partial charge < -0.3 is 14.2 Å². The van der Waals surface area contributed by atoms with Crippen LogP contribution in [0.2, 0.25) is 0 Å². The Kier molecular flexibility index (Phi) is 47.2. The van der Waals surface area contributed by atoms with E-state index in [2.05, 4.69) is 27.7 Å². The van der Waals surface area contributed by atoms with E-state index in [0.717, 1.165) is 63.7 Å². The smallest absolute Gasteiger partial charge is 0.306 e. The largest absolute Gasteiger partial charge is 0.462 e. The third-order valence-electron chi connectivity index (χ3n) is 12.3. The van der Waals surface area contributed by atoms with Gasteiger partial charge in [0.05, 0.1) is 0 Å². The van der Waals surface area contributed by atoms with Crippen molar-refractivity contribution in [3.05, 3.63) is 0 Å². The second-order valence-electron chi connectivity index (χ2n) is 19.0. The summed E-state index contributed by atoms with van der Waals surface area (Å²) in [6.07, 6.45) is 50.9. The molecule has 0 rings (SSSR count). The second-order valence-corrected chi connectivity index (χ2v) is 19.0. The third-order valence-corrected chi connectivity index (χ3v) is 12.3.